The summed E-state index contributed by atoms with van der Waals surface area (Å²) in [4.78, 5) is 7.03. The SMILES string of the molecule is CN=C(NCC(C)c1ccc(C)cc1)NC1CCN(CC2CCOC2)CC1.I. The van der Waals surface area contributed by atoms with Gasteiger partial charge in [-0.1, -0.05) is 36.8 Å². The summed E-state index contributed by atoms with van der Waals surface area (Å²) in [6.07, 6.45) is 3.59. The molecule has 2 heterocycles. The van der Waals surface area contributed by atoms with Crippen LogP contribution in [0, 0.1) is 12.8 Å². The molecule has 2 atom stereocenters. The Hall–Kier alpha value is -0.860. The second-order valence-corrected chi connectivity index (χ2v) is 8.21. The van der Waals surface area contributed by atoms with Gasteiger partial charge < -0.3 is 20.3 Å². The fourth-order valence-corrected chi connectivity index (χ4v) is 4.00. The Morgan fingerprint density at radius 1 is 1.21 bits per heavy atom. The number of hydrogen-bond donors (Lipinski definition) is 2. The molecule has 1 aromatic carbocycles. The van der Waals surface area contributed by atoms with Crippen LogP contribution >= 0.6 is 24.0 Å². The molecule has 2 unspecified atom stereocenters. The predicted octanol–water partition coefficient (Wildman–Crippen LogP) is 3.38. The van der Waals surface area contributed by atoms with Crippen LogP contribution in [0.3, 0.4) is 0 Å². The van der Waals surface area contributed by atoms with Gasteiger partial charge in [0.05, 0.1) is 6.61 Å². The molecule has 0 radical (unpaired) electrons. The van der Waals surface area contributed by atoms with Crippen LogP contribution in [0.1, 0.15) is 43.2 Å². The minimum absolute atomic E-state index is 0. The van der Waals surface area contributed by atoms with Gasteiger partial charge in [-0.2, -0.15) is 0 Å². The van der Waals surface area contributed by atoms with Crippen molar-refractivity contribution in [3.63, 3.8) is 0 Å². The first-order chi connectivity index (χ1) is 13.1. The molecule has 1 aromatic rings. The van der Waals surface area contributed by atoms with Crippen molar-refractivity contribution in [1.82, 2.24) is 15.5 Å². The molecule has 0 spiro atoms. The normalized spacial score (nSPS) is 22.5. The number of guanidine groups is 1. The Morgan fingerprint density at radius 2 is 1.93 bits per heavy atom. The average Bonchev–Trinajstić information content (AvgIpc) is 3.20. The molecule has 3 rings (SSSR count). The summed E-state index contributed by atoms with van der Waals surface area (Å²) >= 11 is 0. The zero-order valence-corrected chi connectivity index (χ0v) is 19.9. The summed E-state index contributed by atoms with van der Waals surface area (Å²) in [7, 11) is 1.86. The topological polar surface area (TPSA) is 48.9 Å². The molecule has 2 N–H and O–H groups in total. The Labute approximate surface area is 187 Å². The van der Waals surface area contributed by atoms with Crippen molar-refractivity contribution in [2.45, 2.75) is 45.1 Å². The standard InChI is InChI=1S/C22H36N4O.HI/c1-17-4-6-20(7-5-17)18(2)14-24-22(23-3)25-21-8-11-26(12-9-21)15-19-10-13-27-16-19;/h4-7,18-19,21H,8-16H2,1-3H3,(H2,23,24,25);1H. The Kier molecular flexibility index (Phi) is 10.0. The zero-order valence-electron chi connectivity index (χ0n) is 17.6. The van der Waals surface area contributed by atoms with Crippen molar-refractivity contribution >= 4 is 29.9 Å². The van der Waals surface area contributed by atoms with E-state index >= 15 is 0 Å². The zero-order chi connectivity index (χ0) is 19.1. The van der Waals surface area contributed by atoms with Crippen molar-refractivity contribution in [3.05, 3.63) is 35.4 Å². The van der Waals surface area contributed by atoms with Crippen LogP contribution in [0.25, 0.3) is 0 Å². The number of aryl methyl sites for hydroxylation is 1. The molecule has 158 valence electrons. The van der Waals surface area contributed by atoms with Gasteiger partial charge in [-0.25, -0.2) is 0 Å². The summed E-state index contributed by atoms with van der Waals surface area (Å²) in [6.45, 7) is 10.7. The van der Waals surface area contributed by atoms with E-state index in [1.807, 2.05) is 7.05 Å². The highest BCUT2D eigenvalue weighted by Gasteiger charge is 2.24. The molecular weight excluding hydrogens is 463 g/mol. The van der Waals surface area contributed by atoms with E-state index in [9.17, 15) is 0 Å². The molecule has 2 saturated heterocycles. The number of nitrogens with zero attached hydrogens (tertiary/aromatic N) is 2. The monoisotopic (exact) mass is 500 g/mol. The number of aliphatic imine (C=N–C) groups is 1. The van der Waals surface area contributed by atoms with Gasteiger partial charge in [0.2, 0.25) is 0 Å². The number of rotatable bonds is 6. The predicted molar refractivity (Wildman–Crippen MR) is 128 cm³/mol. The van der Waals surface area contributed by atoms with E-state index < -0.39 is 0 Å². The highest BCUT2D eigenvalue weighted by Crippen LogP contribution is 2.18. The molecule has 0 aliphatic carbocycles. The van der Waals surface area contributed by atoms with Gasteiger partial charge in [0.1, 0.15) is 0 Å². The van der Waals surface area contributed by atoms with Crippen LogP contribution in [0.5, 0.6) is 0 Å². The number of benzene rings is 1. The van der Waals surface area contributed by atoms with Gasteiger partial charge in [0.25, 0.3) is 0 Å². The maximum absolute atomic E-state index is 5.51. The second kappa shape index (κ2) is 12.0. The van der Waals surface area contributed by atoms with Gasteiger partial charge in [0.15, 0.2) is 5.96 Å². The number of ether oxygens (including phenoxy) is 1. The lowest BCUT2D eigenvalue weighted by Crippen LogP contribution is -2.49. The smallest absolute Gasteiger partial charge is 0.191 e. The van der Waals surface area contributed by atoms with Gasteiger partial charge in [0, 0.05) is 45.9 Å². The van der Waals surface area contributed by atoms with E-state index in [2.05, 4.69) is 58.6 Å². The molecule has 5 nitrogen and oxygen atoms in total. The number of piperidine rings is 1. The lowest BCUT2D eigenvalue weighted by Gasteiger charge is -2.34. The number of nitrogens with one attached hydrogen (secondary N) is 2. The largest absolute Gasteiger partial charge is 0.381 e. The minimum Gasteiger partial charge on any atom is -0.381 e. The van der Waals surface area contributed by atoms with Crippen LogP contribution in [0.4, 0.5) is 0 Å². The fourth-order valence-electron chi connectivity index (χ4n) is 4.00. The Morgan fingerprint density at radius 3 is 2.54 bits per heavy atom. The summed E-state index contributed by atoms with van der Waals surface area (Å²) in [5, 5.41) is 7.13. The first-order valence-electron chi connectivity index (χ1n) is 10.5. The molecular formula is C22H37IN4O. The van der Waals surface area contributed by atoms with Crippen molar-refractivity contribution in [2.24, 2.45) is 10.9 Å². The highest BCUT2D eigenvalue weighted by molar-refractivity contribution is 14.0. The average molecular weight is 500 g/mol. The van der Waals surface area contributed by atoms with E-state index in [1.165, 1.54) is 50.0 Å². The van der Waals surface area contributed by atoms with Crippen LogP contribution in [0.15, 0.2) is 29.3 Å². The third-order valence-corrected chi connectivity index (χ3v) is 5.91. The molecule has 6 heteroatoms. The quantitative estimate of drug-likeness (QED) is 0.357. The van der Waals surface area contributed by atoms with Gasteiger partial charge in [-0.05, 0) is 43.6 Å². The molecule has 2 fully saturated rings. The summed E-state index contributed by atoms with van der Waals surface area (Å²) in [5.74, 6) is 2.13. The molecule has 0 aromatic heterocycles. The molecule has 2 aliphatic heterocycles. The minimum atomic E-state index is 0. The highest BCUT2D eigenvalue weighted by atomic mass is 127. The van der Waals surface area contributed by atoms with E-state index in [0.717, 1.165) is 31.6 Å². The van der Waals surface area contributed by atoms with Gasteiger partial charge >= 0.3 is 0 Å². The summed E-state index contributed by atoms with van der Waals surface area (Å²) in [6, 6.07) is 9.34. The first kappa shape index (κ1) is 23.4. The van der Waals surface area contributed by atoms with Crippen LogP contribution in [-0.4, -0.2) is 63.3 Å². The Balaban J connectivity index is 0.00000280. The second-order valence-electron chi connectivity index (χ2n) is 8.21. The Bertz CT molecular complexity index is 593. The molecule has 2 aliphatic rings. The van der Waals surface area contributed by atoms with Crippen molar-refractivity contribution in [1.29, 1.82) is 0 Å². The maximum atomic E-state index is 5.51. The van der Waals surface area contributed by atoms with Crippen LogP contribution < -0.4 is 10.6 Å². The third kappa shape index (κ3) is 7.19. The van der Waals surface area contributed by atoms with Crippen LogP contribution in [-0.2, 0) is 4.74 Å². The fraction of sp³-hybridized carbons (Fsp3) is 0.682. The lowest BCUT2D eigenvalue weighted by atomic mass is 10.00. The van der Waals surface area contributed by atoms with Crippen LogP contribution in [0.2, 0.25) is 0 Å². The van der Waals surface area contributed by atoms with Crippen molar-refractivity contribution in [2.75, 3.05) is 46.4 Å². The van der Waals surface area contributed by atoms with E-state index in [1.54, 1.807) is 0 Å². The van der Waals surface area contributed by atoms with Gasteiger partial charge in [-0.3, -0.25) is 4.99 Å². The lowest BCUT2D eigenvalue weighted by molar-refractivity contribution is 0.150. The molecule has 28 heavy (non-hydrogen) atoms. The van der Waals surface area contributed by atoms with Gasteiger partial charge in [-0.15, -0.1) is 24.0 Å². The van der Waals surface area contributed by atoms with Crippen molar-refractivity contribution < 1.29 is 4.74 Å². The number of hydrogen-bond acceptors (Lipinski definition) is 3. The summed E-state index contributed by atoms with van der Waals surface area (Å²) in [5.41, 5.74) is 2.68. The van der Waals surface area contributed by atoms with E-state index in [4.69, 9.17) is 4.74 Å². The number of likely N-dealkylation sites (tertiary alicyclic amines) is 1. The third-order valence-electron chi connectivity index (χ3n) is 5.91. The molecule has 0 bridgehead atoms. The molecule has 0 amide bonds. The van der Waals surface area contributed by atoms with E-state index in [-0.39, 0.29) is 24.0 Å². The van der Waals surface area contributed by atoms with E-state index in [0.29, 0.717) is 12.0 Å². The number of halogens is 1. The van der Waals surface area contributed by atoms with Crippen molar-refractivity contribution in [3.8, 4) is 0 Å². The summed E-state index contributed by atoms with van der Waals surface area (Å²) < 4.78 is 5.51. The molecule has 0 saturated carbocycles. The maximum Gasteiger partial charge on any atom is 0.191 e. The first-order valence-corrected chi connectivity index (χ1v) is 10.5.